The summed E-state index contributed by atoms with van der Waals surface area (Å²) in [4.78, 5) is 22.7. The van der Waals surface area contributed by atoms with E-state index in [1.807, 2.05) is 18.2 Å². The third-order valence-electron chi connectivity index (χ3n) is 3.76. The zero-order valence-electron chi connectivity index (χ0n) is 13.1. The van der Waals surface area contributed by atoms with Gasteiger partial charge in [-0.25, -0.2) is 0 Å². The first-order valence-corrected chi connectivity index (χ1v) is 7.94. The molecule has 1 saturated heterocycles. The summed E-state index contributed by atoms with van der Waals surface area (Å²) in [7, 11) is 0. The molecule has 2 rings (SSSR count). The van der Waals surface area contributed by atoms with Gasteiger partial charge in [0, 0.05) is 31.7 Å². The van der Waals surface area contributed by atoms with Crippen LogP contribution in [0, 0.1) is 0 Å². The van der Waals surface area contributed by atoms with E-state index in [9.17, 15) is 9.59 Å². The molecule has 1 fully saturated rings. The van der Waals surface area contributed by atoms with Gasteiger partial charge in [-0.1, -0.05) is 18.2 Å². The highest BCUT2D eigenvalue weighted by Crippen LogP contribution is 2.16. The van der Waals surface area contributed by atoms with Crippen molar-refractivity contribution in [2.24, 2.45) is 0 Å². The van der Waals surface area contributed by atoms with Crippen molar-refractivity contribution in [3.8, 4) is 0 Å². The zero-order valence-corrected chi connectivity index (χ0v) is 13.1. The number of benzene rings is 1. The van der Waals surface area contributed by atoms with Crippen LogP contribution in [0.1, 0.15) is 41.6 Å². The molecule has 0 bridgehead atoms. The molecule has 0 atom stereocenters. The minimum Gasteiger partial charge on any atom is -0.481 e. The summed E-state index contributed by atoms with van der Waals surface area (Å²) < 4.78 is 11.2. The number of carbonyl (C=O) groups is 2. The van der Waals surface area contributed by atoms with Crippen molar-refractivity contribution in [1.29, 1.82) is 0 Å². The number of amides is 1. The molecule has 6 nitrogen and oxygen atoms in total. The van der Waals surface area contributed by atoms with Crippen LogP contribution in [-0.2, 0) is 20.9 Å². The van der Waals surface area contributed by atoms with Gasteiger partial charge in [0.1, 0.15) is 0 Å². The second kappa shape index (κ2) is 9.27. The number of hydrogen-bond acceptors (Lipinski definition) is 4. The molecule has 23 heavy (non-hydrogen) atoms. The van der Waals surface area contributed by atoms with Gasteiger partial charge in [0.05, 0.1) is 12.7 Å². The smallest absolute Gasteiger partial charge is 0.303 e. The fourth-order valence-electron chi connectivity index (χ4n) is 2.45. The summed E-state index contributed by atoms with van der Waals surface area (Å²) in [6, 6.07) is 7.33. The Hall–Kier alpha value is -1.92. The van der Waals surface area contributed by atoms with E-state index in [1.165, 1.54) is 0 Å². The summed E-state index contributed by atoms with van der Waals surface area (Å²) in [6.45, 7) is 2.18. The van der Waals surface area contributed by atoms with E-state index in [0.29, 0.717) is 25.1 Å². The Balaban J connectivity index is 1.85. The van der Waals surface area contributed by atoms with Crippen molar-refractivity contribution in [2.75, 3.05) is 19.8 Å². The van der Waals surface area contributed by atoms with Crippen molar-refractivity contribution < 1.29 is 24.2 Å². The molecule has 0 spiro atoms. The first-order valence-electron chi connectivity index (χ1n) is 7.94. The number of carboxylic acids is 1. The average molecular weight is 321 g/mol. The molecule has 1 aromatic carbocycles. The Labute approximate surface area is 135 Å². The van der Waals surface area contributed by atoms with E-state index in [0.717, 1.165) is 31.6 Å². The van der Waals surface area contributed by atoms with Crippen LogP contribution in [0.2, 0.25) is 0 Å². The number of ether oxygens (including phenoxy) is 2. The third kappa shape index (κ3) is 6.00. The summed E-state index contributed by atoms with van der Waals surface area (Å²) >= 11 is 0. The molecule has 0 aromatic heterocycles. The van der Waals surface area contributed by atoms with E-state index >= 15 is 0 Å². The summed E-state index contributed by atoms with van der Waals surface area (Å²) in [6.07, 6.45) is 2.40. The predicted octanol–water partition coefficient (Wildman–Crippen LogP) is 1.98. The van der Waals surface area contributed by atoms with Crippen molar-refractivity contribution in [3.63, 3.8) is 0 Å². The first kappa shape index (κ1) is 17.4. The highest BCUT2D eigenvalue weighted by Gasteiger charge is 2.16. The maximum absolute atomic E-state index is 12.2. The first-order chi connectivity index (χ1) is 11.2. The summed E-state index contributed by atoms with van der Waals surface area (Å²) in [5, 5.41) is 11.4. The molecule has 0 aliphatic carbocycles. The maximum atomic E-state index is 12.2. The van der Waals surface area contributed by atoms with Crippen molar-refractivity contribution in [3.05, 3.63) is 35.4 Å². The SMILES string of the molecule is O=C(O)CCCNC(=O)c1ccccc1COC1CCOCC1. The van der Waals surface area contributed by atoms with E-state index in [2.05, 4.69) is 5.32 Å². The molecule has 126 valence electrons. The number of rotatable bonds is 8. The van der Waals surface area contributed by atoms with Gasteiger partial charge in [-0.3, -0.25) is 9.59 Å². The lowest BCUT2D eigenvalue weighted by atomic mass is 10.1. The van der Waals surface area contributed by atoms with Gasteiger partial charge < -0.3 is 19.9 Å². The molecular formula is C17H23NO5. The van der Waals surface area contributed by atoms with E-state index in [-0.39, 0.29) is 18.4 Å². The topological polar surface area (TPSA) is 84.9 Å². The molecule has 0 unspecified atom stereocenters. The minimum atomic E-state index is -0.857. The Bertz CT molecular complexity index is 525. The minimum absolute atomic E-state index is 0.0504. The van der Waals surface area contributed by atoms with Crippen LogP contribution < -0.4 is 5.32 Å². The van der Waals surface area contributed by atoms with E-state index in [1.54, 1.807) is 6.07 Å². The third-order valence-corrected chi connectivity index (χ3v) is 3.76. The number of aliphatic carboxylic acids is 1. The van der Waals surface area contributed by atoms with Gasteiger partial charge in [0.25, 0.3) is 5.91 Å². The lowest BCUT2D eigenvalue weighted by molar-refractivity contribution is -0.137. The molecule has 1 aromatic rings. The van der Waals surface area contributed by atoms with Crippen molar-refractivity contribution in [1.82, 2.24) is 5.32 Å². The highest BCUT2D eigenvalue weighted by molar-refractivity contribution is 5.95. The molecule has 1 aliphatic heterocycles. The molecule has 1 aliphatic rings. The lowest BCUT2D eigenvalue weighted by Crippen LogP contribution is -2.27. The molecular weight excluding hydrogens is 298 g/mol. The summed E-state index contributed by atoms with van der Waals surface area (Å²) in [5.74, 6) is -1.05. The second-order valence-corrected chi connectivity index (χ2v) is 5.53. The van der Waals surface area contributed by atoms with E-state index in [4.69, 9.17) is 14.6 Å². The van der Waals surface area contributed by atoms with Crippen molar-refractivity contribution in [2.45, 2.75) is 38.4 Å². The molecule has 2 N–H and O–H groups in total. The van der Waals surface area contributed by atoms with Gasteiger partial charge >= 0.3 is 5.97 Å². The van der Waals surface area contributed by atoms with Crippen LogP contribution in [0.4, 0.5) is 0 Å². The van der Waals surface area contributed by atoms with Crippen LogP contribution in [0.15, 0.2) is 24.3 Å². The van der Waals surface area contributed by atoms with Gasteiger partial charge in [-0.05, 0) is 30.9 Å². The fraction of sp³-hybridized carbons (Fsp3) is 0.529. The van der Waals surface area contributed by atoms with Gasteiger partial charge in [-0.2, -0.15) is 0 Å². The van der Waals surface area contributed by atoms with Gasteiger partial charge in [0.2, 0.25) is 0 Å². The van der Waals surface area contributed by atoms with Crippen LogP contribution in [0.25, 0.3) is 0 Å². The fourth-order valence-corrected chi connectivity index (χ4v) is 2.45. The quantitative estimate of drug-likeness (QED) is 0.715. The molecule has 1 amide bonds. The van der Waals surface area contributed by atoms with E-state index < -0.39 is 5.97 Å². The normalized spacial score (nSPS) is 15.3. The molecule has 0 saturated carbocycles. The number of nitrogens with one attached hydrogen (secondary N) is 1. The standard InChI is InChI=1S/C17H23NO5/c19-16(20)6-3-9-18-17(21)15-5-2-1-4-13(15)12-23-14-7-10-22-11-8-14/h1-2,4-5,14H,3,6-12H2,(H,18,21)(H,19,20). The van der Waals surface area contributed by atoms with Crippen LogP contribution in [0.5, 0.6) is 0 Å². The van der Waals surface area contributed by atoms with Gasteiger partial charge in [-0.15, -0.1) is 0 Å². The monoisotopic (exact) mass is 321 g/mol. The number of hydrogen-bond donors (Lipinski definition) is 2. The zero-order chi connectivity index (χ0) is 16.5. The van der Waals surface area contributed by atoms with Crippen LogP contribution in [-0.4, -0.2) is 42.8 Å². The average Bonchev–Trinajstić information content (AvgIpc) is 2.58. The number of carbonyl (C=O) groups excluding carboxylic acids is 1. The van der Waals surface area contributed by atoms with Crippen molar-refractivity contribution >= 4 is 11.9 Å². The largest absolute Gasteiger partial charge is 0.481 e. The Morgan fingerprint density at radius 3 is 2.74 bits per heavy atom. The molecule has 1 heterocycles. The lowest BCUT2D eigenvalue weighted by Gasteiger charge is -2.22. The molecule has 0 radical (unpaired) electrons. The Morgan fingerprint density at radius 2 is 2.00 bits per heavy atom. The predicted molar refractivity (Wildman–Crippen MR) is 84.3 cm³/mol. The maximum Gasteiger partial charge on any atom is 0.303 e. The van der Waals surface area contributed by atoms with Crippen LogP contribution in [0.3, 0.4) is 0 Å². The van der Waals surface area contributed by atoms with Gasteiger partial charge in [0.15, 0.2) is 0 Å². The Kier molecular flexibility index (Phi) is 7.03. The second-order valence-electron chi connectivity index (χ2n) is 5.53. The highest BCUT2D eigenvalue weighted by atomic mass is 16.5. The summed E-state index contributed by atoms with van der Waals surface area (Å²) in [5.41, 5.74) is 1.42. The number of carboxylic acid groups (broad SMARTS) is 1. The molecule has 6 heteroatoms. The van der Waals surface area contributed by atoms with Crippen LogP contribution >= 0.6 is 0 Å². The Morgan fingerprint density at radius 1 is 1.26 bits per heavy atom.